The standard InChI is InChI=1S/C11H14N2OS/c1-8-3-4-11(15-8)9(2)12-7-10-5-6-13-14-10/h3-6,9,12H,7H2,1-2H3. The Kier molecular flexibility index (Phi) is 3.18. The maximum absolute atomic E-state index is 5.02. The van der Waals surface area contributed by atoms with Crippen molar-refractivity contribution in [2.45, 2.75) is 26.4 Å². The lowest BCUT2D eigenvalue weighted by molar-refractivity contribution is 0.366. The van der Waals surface area contributed by atoms with Crippen molar-refractivity contribution in [3.8, 4) is 0 Å². The van der Waals surface area contributed by atoms with Crippen molar-refractivity contribution in [2.75, 3.05) is 0 Å². The highest BCUT2D eigenvalue weighted by molar-refractivity contribution is 7.12. The molecule has 2 heterocycles. The minimum atomic E-state index is 0.355. The lowest BCUT2D eigenvalue weighted by atomic mass is 10.2. The van der Waals surface area contributed by atoms with Crippen molar-refractivity contribution in [1.29, 1.82) is 0 Å². The molecule has 0 aromatic carbocycles. The Hall–Kier alpha value is -1.13. The third kappa shape index (κ3) is 2.67. The topological polar surface area (TPSA) is 38.1 Å². The fourth-order valence-electron chi connectivity index (χ4n) is 1.37. The Morgan fingerprint density at radius 3 is 2.93 bits per heavy atom. The number of nitrogens with one attached hydrogen (secondary N) is 1. The molecule has 0 bridgehead atoms. The van der Waals surface area contributed by atoms with E-state index in [0.29, 0.717) is 6.04 Å². The van der Waals surface area contributed by atoms with Crippen LogP contribution >= 0.6 is 11.3 Å². The summed E-state index contributed by atoms with van der Waals surface area (Å²) >= 11 is 1.82. The van der Waals surface area contributed by atoms with Crippen LogP contribution in [0, 0.1) is 6.92 Å². The fourth-order valence-corrected chi connectivity index (χ4v) is 2.28. The van der Waals surface area contributed by atoms with Gasteiger partial charge in [-0.25, -0.2) is 0 Å². The number of aromatic nitrogens is 1. The van der Waals surface area contributed by atoms with Crippen molar-refractivity contribution in [1.82, 2.24) is 10.5 Å². The van der Waals surface area contributed by atoms with Gasteiger partial charge in [0, 0.05) is 21.9 Å². The van der Waals surface area contributed by atoms with E-state index < -0.39 is 0 Å². The third-order valence-corrected chi connectivity index (χ3v) is 3.45. The monoisotopic (exact) mass is 222 g/mol. The number of rotatable bonds is 4. The van der Waals surface area contributed by atoms with E-state index in [-0.39, 0.29) is 0 Å². The molecule has 0 saturated carbocycles. The number of aryl methyl sites for hydroxylation is 1. The number of thiophene rings is 1. The molecule has 2 aromatic rings. The van der Waals surface area contributed by atoms with Crippen LogP contribution in [0.5, 0.6) is 0 Å². The number of nitrogens with zero attached hydrogens (tertiary/aromatic N) is 1. The molecule has 3 nitrogen and oxygen atoms in total. The lowest BCUT2D eigenvalue weighted by Gasteiger charge is -2.09. The summed E-state index contributed by atoms with van der Waals surface area (Å²) < 4.78 is 5.02. The largest absolute Gasteiger partial charge is 0.360 e. The van der Waals surface area contributed by atoms with E-state index >= 15 is 0 Å². The average molecular weight is 222 g/mol. The molecule has 0 spiro atoms. The maximum atomic E-state index is 5.02. The molecule has 0 fully saturated rings. The molecule has 0 aliphatic rings. The first kappa shape index (κ1) is 10.4. The summed E-state index contributed by atoms with van der Waals surface area (Å²) in [6.45, 7) is 5.00. The van der Waals surface area contributed by atoms with Gasteiger partial charge in [0.25, 0.3) is 0 Å². The van der Waals surface area contributed by atoms with Crippen molar-refractivity contribution in [3.63, 3.8) is 0 Å². The first-order valence-corrected chi connectivity index (χ1v) is 5.76. The highest BCUT2D eigenvalue weighted by Crippen LogP contribution is 2.22. The molecule has 1 unspecified atom stereocenters. The molecule has 4 heteroatoms. The zero-order valence-corrected chi connectivity index (χ0v) is 9.67. The summed E-state index contributed by atoms with van der Waals surface area (Å²) in [5.41, 5.74) is 0. The van der Waals surface area contributed by atoms with Gasteiger partial charge in [-0.05, 0) is 26.0 Å². The molecular formula is C11H14N2OS. The zero-order valence-electron chi connectivity index (χ0n) is 8.86. The highest BCUT2D eigenvalue weighted by Gasteiger charge is 2.07. The van der Waals surface area contributed by atoms with Crippen LogP contribution in [0.3, 0.4) is 0 Å². The predicted molar refractivity (Wildman–Crippen MR) is 60.8 cm³/mol. The van der Waals surface area contributed by atoms with Gasteiger partial charge in [0.1, 0.15) is 5.76 Å². The molecule has 1 N–H and O–H groups in total. The lowest BCUT2D eigenvalue weighted by Crippen LogP contribution is -2.16. The molecule has 2 rings (SSSR count). The van der Waals surface area contributed by atoms with Gasteiger partial charge in [0.2, 0.25) is 0 Å². The Morgan fingerprint density at radius 1 is 1.47 bits per heavy atom. The van der Waals surface area contributed by atoms with E-state index in [1.54, 1.807) is 6.20 Å². The third-order valence-electron chi connectivity index (χ3n) is 2.26. The summed E-state index contributed by atoms with van der Waals surface area (Å²) in [4.78, 5) is 2.70. The van der Waals surface area contributed by atoms with Gasteiger partial charge >= 0.3 is 0 Å². The molecule has 1 atom stereocenters. The summed E-state index contributed by atoms with van der Waals surface area (Å²) in [5, 5.41) is 7.06. The Labute approximate surface area is 93.1 Å². The van der Waals surface area contributed by atoms with E-state index in [1.165, 1.54) is 9.75 Å². The normalized spacial score (nSPS) is 12.9. The van der Waals surface area contributed by atoms with Gasteiger partial charge in [-0.1, -0.05) is 5.16 Å². The second-order valence-electron chi connectivity index (χ2n) is 3.53. The highest BCUT2D eigenvalue weighted by atomic mass is 32.1. The fraction of sp³-hybridized carbons (Fsp3) is 0.364. The first-order chi connectivity index (χ1) is 7.25. The van der Waals surface area contributed by atoms with Crippen LogP contribution in [0.2, 0.25) is 0 Å². The van der Waals surface area contributed by atoms with Gasteiger partial charge in [-0.2, -0.15) is 0 Å². The molecule has 0 aliphatic carbocycles. The van der Waals surface area contributed by atoms with Gasteiger partial charge in [-0.15, -0.1) is 11.3 Å². The molecule has 0 saturated heterocycles. The minimum absolute atomic E-state index is 0.355. The van der Waals surface area contributed by atoms with Gasteiger partial charge in [0.05, 0.1) is 12.7 Å². The number of hydrogen-bond acceptors (Lipinski definition) is 4. The van der Waals surface area contributed by atoms with Crippen LogP contribution < -0.4 is 5.32 Å². The summed E-state index contributed by atoms with van der Waals surface area (Å²) in [6.07, 6.45) is 1.66. The van der Waals surface area contributed by atoms with Gasteiger partial charge in [-0.3, -0.25) is 0 Å². The Balaban J connectivity index is 1.90. The molecule has 0 amide bonds. The second kappa shape index (κ2) is 4.59. The van der Waals surface area contributed by atoms with Crippen LogP contribution in [0.15, 0.2) is 28.9 Å². The van der Waals surface area contributed by atoms with Crippen molar-refractivity contribution < 1.29 is 4.52 Å². The minimum Gasteiger partial charge on any atom is -0.360 e. The van der Waals surface area contributed by atoms with Crippen LogP contribution in [0.4, 0.5) is 0 Å². The molecule has 15 heavy (non-hydrogen) atoms. The zero-order chi connectivity index (χ0) is 10.7. The quantitative estimate of drug-likeness (QED) is 0.864. The van der Waals surface area contributed by atoms with Crippen LogP contribution in [0.25, 0.3) is 0 Å². The van der Waals surface area contributed by atoms with Crippen LogP contribution in [-0.2, 0) is 6.54 Å². The Morgan fingerprint density at radius 2 is 2.33 bits per heavy atom. The average Bonchev–Trinajstić information content (AvgIpc) is 2.84. The van der Waals surface area contributed by atoms with E-state index in [9.17, 15) is 0 Å². The van der Waals surface area contributed by atoms with E-state index in [2.05, 4.69) is 36.5 Å². The van der Waals surface area contributed by atoms with Crippen LogP contribution in [-0.4, -0.2) is 5.16 Å². The SMILES string of the molecule is Cc1ccc(C(C)NCc2ccno2)s1. The Bertz CT molecular complexity index is 408. The summed E-state index contributed by atoms with van der Waals surface area (Å²) in [7, 11) is 0. The maximum Gasteiger partial charge on any atom is 0.150 e. The molecule has 80 valence electrons. The summed E-state index contributed by atoms with van der Waals surface area (Å²) in [5.74, 6) is 0.870. The van der Waals surface area contributed by atoms with Gasteiger partial charge < -0.3 is 9.84 Å². The molecule has 0 radical (unpaired) electrons. The van der Waals surface area contributed by atoms with Crippen molar-refractivity contribution in [2.24, 2.45) is 0 Å². The predicted octanol–water partition coefficient (Wildman–Crippen LogP) is 2.90. The second-order valence-corrected chi connectivity index (χ2v) is 4.85. The van der Waals surface area contributed by atoms with Crippen molar-refractivity contribution >= 4 is 11.3 Å². The molecule has 2 aromatic heterocycles. The van der Waals surface area contributed by atoms with Crippen molar-refractivity contribution in [3.05, 3.63) is 39.9 Å². The van der Waals surface area contributed by atoms with Gasteiger partial charge in [0.15, 0.2) is 0 Å². The molecule has 0 aliphatic heterocycles. The number of hydrogen-bond donors (Lipinski definition) is 1. The van der Waals surface area contributed by atoms with E-state index in [4.69, 9.17) is 4.52 Å². The smallest absolute Gasteiger partial charge is 0.150 e. The first-order valence-electron chi connectivity index (χ1n) is 4.95. The summed E-state index contributed by atoms with van der Waals surface area (Å²) in [6, 6.07) is 6.54. The van der Waals surface area contributed by atoms with E-state index in [0.717, 1.165) is 12.3 Å². The molecular weight excluding hydrogens is 208 g/mol. The van der Waals surface area contributed by atoms with Crippen LogP contribution in [0.1, 0.15) is 28.5 Å². The van der Waals surface area contributed by atoms with E-state index in [1.807, 2.05) is 17.4 Å².